The number of carbonyl (C=O) groups is 1. The summed E-state index contributed by atoms with van der Waals surface area (Å²) >= 11 is 1.56. The molecule has 7 heteroatoms. The Bertz CT molecular complexity index is 1210. The molecular formula is C23H18N2O4S. The Morgan fingerprint density at radius 2 is 1.87 bits per heavy atom. The van der Waals surface area contributed by atoms with Gasteiger partial charge in [-0.3, -0.25) is 4.98 Å². The van der Waals surface area contributed by atoms with E-state index in [2.05, 4.69) is 9.97 Å². The third kappa shape index (κ3) is 4.16. The molecule has 0 saturated heterocycles. The Kier molecular flexibility index (Phi) is 5.45. The van der Waals surface area contributed by atoms with E-state index < -0.39 is 5.97 Å². The molecule has 0 unspecified atom stereocenters. The smallest absolute Gasteiger partial charge is 0.339 e. The third-order valence-electron chi connectivity index (χ3n) is 4.52. The van der Waals surface area contributed by atoms with Crippen molar-refractivity contribution in [3.05, 3.63) is 83.3 Å². The van der Waals surface area contributed by atoms with Crippen LogP contribution in [0.15, 0.2) is 67.0 Å². The highest BCUT2D eigenvalue weighted by Crippen LogP contribution is 2.34. The zero-order valence-electron chi connectivity index (χ0n) is 16.1. The van der Waals surface area contributed by atoms with Crippen LogP contribution in [0.2, 0.25) is 0 Å². The van der Waals surface area contributed by atoms with E-state index >= 15 is 0 Å². The molecule has 0 spiro atoms. The van der Waals surface area contributed by atoms with Gasteiger partial charge in [0.2, 0.25) is 0 Å². The summed E-state index contributed by atoms with van der Waals surface area (Å²) in [5.74, 6) is -0.721. The third-order valence-corrected chi connectivity index (χ3v) is 5.70. The van der Waals surface area contributed by atoms with Gasteiger partial charge in [-0.1, -0.05) is 24.3 Å². The molecule has 6 nitrogen and oxygen atoms in total. The Hall–Kier alpha value is -3.71. The maximum absolute atomic E-state index is 11.1. The standard InChI is InChI=1S/C23H18N2O4S/c1-14-22(30-21(25-14)13-29-18-6-3-9-24-12-18)17-5-2-4-15(10-17)16-7-8-19(23(27)28)20(26)11-16/h2-12,26H,13H2,1H3,(H,27,28). The van der Waals surface area contributed by atoms with E-state index in [9.17, 15) is 9.90 Å². The molecule has 0 amide bonds. The summed E-state index contributed by atoms with van der Waals surface area (Å²) in [6.07, 6.45) is 3.36. The fourth-order valence-electron chi connectivity index (χ4n) is 3.09. The summed E-state index contributed by atoms with van der Waals surface area (Å²) in [7, 11) is 0. The maximum Gasteiger partial charge on any atom is 0.339 e. The number of pyridine rings is 1. The number of carboxylic acid groups (broad SMARTS) is 1. The number of phenols is 1. The Labute approximate surface area is 177 Å². The number of aromatic nitrogens is 2. The fraction of sp³-hybridized carbons (Fsp3) is 0.0870. The highest BCUT2D eigenvalue weighted by Gasteiger charge is 2.13. The SMILES string of the molecule is Cc1nc(COc2cccnc2)sc1-c1cccc(-c2ccc(C(=O)O)c(O)c2)c1. The molecule has 0 aliphatic carbocycles. The first-order valence-electron chi connectivity index (χ1n) is 9.17. The highest BCUT2D eigenvalue weighted by atomic mass is 32.1. The van der Waals surface area contributed by atoms with Gasteiger partial charge in [0, 0.05) is 6.20 Å². The van der Waals surface area contributed by atoms with Crippen LogP contribution in [0.1, 0.15) is 21.1 Å². The second kappa shape index (κ2) is 8.34. The van der Waals surface area contributed by atoms with Gasteiger partial charge in [-0.2, -0.15) is 0 Å². The van der Waals surface area contributed by atoms with Gasteiger partial charge >= 0.3 is 5.97 Å². The molecule has 0 bridgehead atoms. The quantitative estimate of drug-likeness (QED) is 0.449. The van der Waals surface area contributed by atoms with Crippen molar-refractivity contribution >= 4 is 17.3 Å². The molecule has 0 radical (unpaired) electrons. The van der Waals surface area contributed by atoms with Crippen molar-refractivity contribution in [1.82, 2.24) is 9.97 Å². The van der Waals surface area contributed by atoms with Gasteiger partial charge in [0.05, 0.1) is 16.8 Å². The van der Waals surface area contributed by atoms with Crippen molar-refractivity contribution in [3.63, 3.8) is 0 Å². The van der Waals surface area contributed by atoms with Crippen LogP contribution in [0.5, 0.6) is 11.5 Å². The van der Waals surface area contributed by atoms with Gasteiger partial charge in [-0.05, 0) is 53.9 Å². The maximum atomic E-state index is 11.1. The molecule has 0 aliphatic rings. The number of hydrogen-bond donors (Lipinski definition) is 2. The number of benzene rings is 2. The first-order valence-corrected chi connectivity index (χ1v) is 9.99. The minimum Gasteiger partial charge on any atom is -0.507 e. The lowest BCUT2D eigenvalue weighted by atomic mass is 10.0. The Morgan fingerprint density at radius 1 is 1.07 bits per heavy atom. The lowest BCUT2D eigenvalue weighted by Crippen LogP contribution is -1.96. The summed E-state index contributed by atoms with van der Waals surface area (Å²) in [5, 5.41) is 20.0. The van der Waals surface area contributed by atoms with Crippen LogP contribution in [0, 0.1) is 6.92 Å². The van der Waals surface area contributed by atoms with E-state index in [1.807, 2.05) is 43.3 Å². The molecule has 2 N–H and O–H groups in total. The van der Waals surface area contributed by atoms with Crippen molar-refractivity contribution < 1.29 is 19.7 Å². The molecule has 0 aliphatic heterocycles. The zero-order valence-corrected chi connectivity index (χ0v) is 16.9. The predicted octanol–water partition coefficient (Wildman–Crippen LogP) is 5.16. The number of aryl methyl sites for hydroxylation is 1. The summed E-state index contributed by atoms with van der Waals surface area (Å²) in [5.41, 5.74) is 3.40. The van der Waals surface area contributed by atoms with Gasteiger partial charge in [0.1, 0.15) is 28.7 Å². The van der Waals surface area contributed by atoms with E-state index in [0.29, 0.717) is 12.4 Å². The topological polar surface area (TPSA) is 92.5 Å². The molecule has 150 valence electrons. The monoisotopic (exact) mass is 418 g/mol. The van der Waals surface area contributed by atoms with Gasteiger partial charge in [-0.15, -0.1) is 11.3 Å². The number of thiazole rings is 1. The molecule has 2 aromatic heterocycles. The van der Waals surface area contributed by atoms with Crippen LogP contribution < -0.4 is 4.74 Å². The predicted molar refractivity (Wildman–Crippen MR) is 115 cm³/mol. The molecule has 4 rings (SSSR count). The second-order valence-corrected chi connectivity index (χ2v) is 7.70. The van der Waals surface area contributed by atoms with Crippen LogP contribution >= 0.6 is 11.3 Å². The van der Waals surface area contributed by atoms with Gasteiger partial charge < -0.3 is 14.9 Å². The van der Waals surface area contributed by atoms with Gasteiger partial charge in [0.15, 0.2) is 0 Å². The average molecular weight is 418 g/mol. The molecule has 30 heavy (non-hydrogen) atoms. The minimum absolute atomic E-state index is 0.119. The van der Waals surface area contributed by atoms with Crippen molar-refractivity contribution in [1.29, 1.82) is 0 Å². The summed E-state index contributed by atoms with van der Waals surface area (Å²) < 4.78 is 5.74. The average Bonchev–Trinajstić information content (AvgIpc) is 3.13. The van der Waals surface area contributed by atoms with Crippen molar-refractivity contribution in [2.24, 2.45) is 0 Å². The zero-order chi connectivity index (χ0) is 21.1. The van der Waals surface area contributed by atoms with Gasteiger partial charge in [0.25, 0.3) is 0 Å². The number of aromatic carboxylic acids is 1. The van der Waals surface area contributed by atoms with E-state index in [0.717, 1.165) is 32.3 Å². The molecule has 2 aromatic carbocycles. The number of nitrogens with zero attached hydrogens (tertiary/aromatic N) is 2. The first-order chi connectivity index (χ1) is 14.5. The van der Waals surface area contributed by atoms with Crippen molar-refractivity contribution in [2.75, 3.05) is 0 Å². The Morgan fingerprint density at radius 3 is 2.60 bits per heavy atom. The van der Waals surface area contributed by atoms with Crippen LogP contribution in [-0.4, -0.2) is 26.2 Å². The molecule has 2 heterocycles. The van der Waals surface area contributed by atoms with E-state index in [4.69, 9.17) is 9.84 Å². The molecule has 0 atom stereocenters. The second-order valence-electron chi connectivity index (χ2n) is 6.62. The van der Waals surface area contributed by atoms with Crippen molar-refractivity contribution in [3.8, 4) is 33.1 Å². The number of carboxylic acids is 1. The van der Waals surface area contributed by atoms with Gasteiger partial charge in [-0.25, -0.2) is 9.78 Å². The van der Waals surface area contributed by atoms with E-state index in [-0.39, 0.29) is 11.3 Å². The summed E-state index contributed by atoms with van der Waals surface area (Å²) in [4.78, 5) is 20.8. The lowest BCUT2D eigenvalue weighted by molar-refractivity contribution is 0.0694. The molecule has 0 saturated carbocycles. The number of rotatable bonds is 6. The van der Waals surface area contributed by atoms with Crippen LogP contribution in [-0.2, 0) is 6.61 Å². The fourth-order valence-corrected chi connectivity index (χ4v) is 4.07. The summed E-state index contributed by atoms with van der Waals surface area (Å²) in [6.45, 7) is 2.32. The van der Waals surface area contributed by atoms with Crippen LogP contribution in [0.25, 0.3) is 21.6 Å². The van der Waals surface area contributed by atoms with Crippen molar-refractivity contribution in [2.45, 2.75) is 13.5 Å². The van der Waals surface area contributed by atoms with Crippen LogP contribution in [0.3, 0.4) is 0 Å². The summed E-state index contributed by atoms with van der Waals surface area (Å²) in [6, 6.07) is 16.1. The number of ether oxygens (including phenoxy) is 1. The molecule has 0 fully saturated rings. The number of aromatic hydroxyl groups is 1. The van der Waals surface area contributed by atoms with Crippen LogP contribution in [0.4, 0.5) is 0 Å². The minimum atomic E-state index is -1.16. The number of hydrogen-bond acceptors (Lipinski definition) is 6. The largest absolute Gasteiger partial charge is 0.507 e. The van der Waals surface area contributed by atoms with E-state index in [1.165, 1.54) is 12.1 Å². The van der Waals surface area contributed by atoms with E-state index in [1.54, 1.807) is 29.8 Å². The highest BCUT2D eigenvalue weighted by molar-refractivity contribution is 7.15. The molecular weight excluding hydrogens is 400 g/mol. The normalized spacial score (nSPS) is 10.7. The first kappa shape index (κ1) is 19.6. The Balaban J connectivity index is 1.59. The molecule has 4 aromatic rings. The lowest BCUT2D eigenvalue weighted by Gasteiger charge is -2.07.